The third-order valence-corrected chi connectivity index (χ3v) is 3.51. The predicted molar refractivity (Wildman–Crippen MR) is 65.1 cm³/mol. The highest BCUT2D eigenvalue weighted by Gasteiger charge is 2.31. The largest absolute Gasteiger partial charge is 0.449 e. The molecule has 0 fully saturated rings. The number of benzene rings is 1. The van der Waals surface area contributed by atoms with Crippen LogP contribution in [0.5, 0.6) is 11.5 Å². The Kier molecular flexibility index (Phi) is 2.99. The Balaban J connectivity index is 2.14. The Labute approximate surface area is 105 Å². The van der Waals surface area contributed by atoms with Gasteiger partial charge in [0, 0.05) is 24.5 Å². The van der Waals surface area contributed by atoms with Crippen LogP contribution in [-0.4, -0.2) is 20.0 Å². The van der Waals surface area contributed by atoms with Crippen molar-refractivity contribution < 1.29 is 17.9 Å². The van der Waals surface area contributed by atoms with Crippen LogP contribution in [0.1, 0.15) is 19.4 Å². The Morgan fingerprint density at radius 2 is 1.88 bits per heavy atom. The first kappa shape index (κ1) is 12.5. The van der Waals surface area contributed by atoms with Crippen LogP contribution in [0.4, 0.5) is 0 Å². The van der Waals surface area contributed by atoms with Crippen molar-refractivity contribution in [1.82, 2.24) is 0 Å². The predicted octanol–water partition coefficient (Wildman–Crippen LogP) is 2.31. The molecule has 1 aromatic carbocycles. The van der Waals surface area contributed by atoms with Gasteiger partial charge in [0.1, 0.15) is 0 Å². The maximum atomic E-state index is 10.9. The van der Waals surface area contributed by atoms with Gasteiger partial charge in [-0.05, 0) is 24.1 Å². The van der Waals surface area contributed by atoms with E-state index in [4.69, 9.17) is 20.2 Å². The zero-order valence-corrected chi connectivity index (χ0v) is 11.1. The minimum Gasteiger partial charge on any atom is -0.449 e. The summed E-state index contributed by atoms with van der Waals surface area (Å²) < 4.78 is 32.8. The average molecular weight is 277 g/mol. The van der Waals surface area contributed by atoms with Gasteiger partial charge < -0.3 is 9.47 Å². The molecular weight excluding hydrogens is 264 g/mol. The topological polar surface area (TPSA) is 52.6 Å². The van der Waals surface area contributed by atoms with Crippen molar-refractivity contribution in [2.24, 2.45) is 0 Å². The molecule has 6 heteroatoms. The number of halogens is 1. The molecule has 2 rings (SSSR count). The lowest BCUT2D eigenvalue weighted by Crippen LogP contribution is -2.29. The highest BCUT2D eigenvalue weighted by Crippen LogP contribution is 2.39. The minimum absolute atomic E-state index is 0.0857. The van der Waals surface area contributed by atoms with Gasteiger partial charge in [-0.25, -0.2) is 8.42 Å². The summed E-state index contributed by atoms with van der Waals surface area (Å²) >= 11 is 0. The summed E-state index contributed by atoms with van der Waals surface area (Å²) in [5.74, 6) is 0.559. The van der Waals surface area contributed by atoms with E-state index in [-0.39, 0.29) is 5.75 Å². The van der Waals surface area contributed by atoms with Crippen molar-refractivity contribution in [3.63, 3.8) is 0 Å². The SMILES string of the molecule is CC1(C)Oc2ccc(CCS(=O)(=O)Cl)cc2O1. The van der Waals surface area contributed by atoms with E-state index in [0.717, 1.165) is 5.56 Å². The second-order valence-corrected chi connectivity index (χ2v) is 7.27. The fourth-order valence-electron chi connectivity index (χ4n) is 1.66. The number of fused-ring (bicyclic) bond motifs is 1. The van der Waals surface area contributed by atoms with Gasteiger partial charge in [0.15, 0.2) is 11.5 Å². The summed E-state index contributed by atoms with van der Waals surface area (Å²) in [5.41, 5.74) is 0.856. The zero-order valence-electron chi connectivity index (χ0n) is 9.57. The van der Waals surface area contributed by atoms with Gasteiger partial charge in [0.2, 0.25) is 14.8 Å². The standard InChI is InChI=1S/C11H13ClO4S/c1-11(2)15-9-4-3-8(7-10(9)16-11)5-6-17(12,13)14/h3-4,7H,5-6H2,1-2H3. The molecule has 1 aromatic rings. The first-order chi connectivity index (χ1) is 7.75. The van der Waals surface area contributed by atoms with Crippen molar-refractivity contribution in [3.05, 3.63) is 23.8 Å². The van der Waals surface area contributed by atoms with E-state index in [1.54, 1.807) is 12.1 Å². The Bertz CT molecular complexity index is 536. The van der Waals surface area contributed by atoms with Crippen LogP contribution >= 0.6 is 10.7 Å². The van der Waals surface area contributed by atoms with Crippen molar-refractivity contribution >= 4 is 19.7 Å². The van der Waals surface area contributed by atoms with E-state index < -0.39 is 14.8 Å². The summed E-state index contributed by atoms with van der Waals surface area (Å²) in [6.07, 6.45) is 0.364. The molecule has 0 atom stereocenters. The number of hydrogen-bond acceptors (Lipinski definition) is 4. The number of aryl methyl sites for hydroxylation is 1. The van der Waals surface area contributed by atoms with Gasteiger partial charge in [0.05, 0.1) is 5.75 Å². The fourth-order valence-corrected chi connectivity index (χ4v) is 2.37. The molecule has 0 saturated heterocycles. The zero-order chi connectivity index (χ0) is 12.7. The minimum atomic E-state index is -3.46. The van der Waals surface area contributed by atoms with Crippen LogP contribution in [0.3, 0.4) is 0 Å². The first-order valence-corrected chi connectivity index (χ1v) is 7.66. The van der Waals surface area contributed by atoms with E-state index in [9.17, 15) is 8.42 Å². The van der Waals surface area contributed by atoms with Crippen molar-refractivity contribution in [2.45, 2.75) is 26.1 Å². The van der Waals surface area contributed by atoms with Crippen molar-refractivity contribution in [1.29, 1.82) is 0 Å². The van der Waals surface area contributed by atoms with Crippen LogP contribution in [-0.2, 0) is 15.5 Å². The number of rotatable bonds is 3. The molecular formula is C11H13ClO4S. The van der Waals surface area contributed by atoms with Gasteiger partial charge in [-0.1, -0.05) is 6.07 Å². The molecule has 0 saturated carbocycles. The molecule has 0 bridgehead atoms. The van der Waals surface area contributed by atoms with Gasteiger partial charge in [-0.3, -0.25) is 0 Å². The maximum Gasteiger partial charge on any atom is 0.246 e. The van der Waals surface area contributed by atoms with E-state index in [0.29, 0.717) is 17.9 Å². The highest BCUT2D eigenvalue weighted by atomic mass is 35.7. The fraction of sp³-hybridized carbons (Fsp3) is 0.455. The highest BCUT2D eigenvalue weighted by molar-refractivity contribution is 8.13. The lowest BCUT2D eigenvalue weighted by Gasteiger charge is -2.16. The summed E-state index contributed by atoms with van der Waals surface area (Å²) in [5, 5.41) is 0. The molecule has 1 aliphatic heterocycles. The first-order valence-electron chi connectivity index (χ1n) is 5.18. The molecule has 4 nitrogen and oxygen atoms in total. The molecule has 0 aromatic heterocycles. The smallest absolute Gasteiger partial charge is 0.246 e. The molecule has 1 aliphatic rings. The van der Waals surface area contributed by atoms with Crippen LogP contribution in [0.2, 0.25) is 0 Å². The molecule has 0 spiro atoms. The number of ether oxygens (including phenoxy) is 2. The van der Waals surface area contributed by atoms with Gasteiger partial charge in [-0.2, -0.15) is 0 Å². The molecule has 0 unspecified atom stereocenters. The molecule has 1 heterocycles. The van der Waals surface area contributed by atoms with Gasteiger partial charge >= 0.3 is 0 Å². The molecule has 94 valence electrons. The van der Waals surface area contributed by atoms with Gasteiger partial charge in [0.25, 0.3) is 0 Å². The number of hydrogen-bond donors (Lipinski definition) is 0. The van der Waals surface area contributed by atoms with Crippen LogP contribution < -0.4 is 9.47 Å². The Morgan fingerprint density at radius 1 is 1.24 bits per heavy atom. The van der Waals surface area contributed by atoms with Crippen molar-refractivity contribution in [2.75, 3.05) is 5.75 Å². The lowest BCUT2D eigenvalue weighted by atomic mass is 10.1. The Hall–Kier alpha value is -0.940. The normalized spacial score (nSPS) is 17.1. The lowest BCUT2D eigenvalue weighted by molar-refractivity contribution is -0.0431. The molecule has 17 heavy (non-hydrogen) atoms. The summed E-state index contributed by atoms with van der Waals surface area (Å²) in [4.78, 5) is 0. The molecule has 0 aliphatic carbocycles. The second-order valence-electron chi connectivity index (χ2n) is 4.38. The molecule has 0 N–H and O–H groups in total. The van der Waals surface area contributed by atoms with E-state index >= 15 is 0 Å². The Morgan fingerprint density at radius 3 is 2.53 bits per heavy atom. The van der Waals surface area contributed by atoms with Crippen molar-refractivity contribution in [3.8, 4) is 11.5 Å². The van der Waals surface area contributed by atoms with Crippen LogP contribution in [0.15, 0.2) is 18.2 Å². The van der Waals surface area contributed by atoms with Gasteiger partial charge in [-0.15, -0.1) is 0 Å². The summed E-state index contributed by atoms with van der Waals surface area (Å²) in [6, 6.07) is 5.37. The summed E-state index contributed by atoms with van der Waals surface area (Å²) in [6.45, 7) is 3.63. The van der Waals surface area contributed by atoms with E-state index in [2.05, 4.69) is 0 Å². The van der Waals surface area contributed by atoms with E-state index in [1.807, 2.05) is 19.9 Å². The van der Waals surface area contributed by atoms with Crippen LogP contribution in [0.25, 0.3) is 0 Å². The molecule has 0 radical (unpaired) electrons. The average Bonchev–Trinajstić information content (AvgIpc) is 2.46. The second kappa shape index (κ2) is 4.07. The monoisotopic (exact) mass is 276 g/mol. The molecule has 0 amide bonds. The third-order valence-electron chi connectivity index (χ3n) is 2.35. The summed E-state index contributed by atoms with van der Waals surface area (Å²) in [7, 11) is 1.70. The van der Waals surface area contributed by atoms with E-state index in [1.165, 1.54) is 0 Å². The quantitative estimate of drug-likeness (QED) is 0.795. The van der Waals surface area contributed by atoms with Crippen LogP contribution in [0, 0.1) is 0 Å². The third kappa shape index (κ3) is 3.26. The maximum absolute atomic E-state index is 10.9.